The highest BCUT2D eigenvalue weighted by Crippen LogP contribution is 2.21. The van der Waals surface area contributed by atoms with Gasteiger partial charge in [0, 0.05) is 56.9 Å². The lowest BCUT2D eigenvalue weighted by atomic mass is 9.98. The largest absolute Gasteiger partial charge is 0.508 e. The first-order valence-electron chi connectivity index (χ1n) is 26.9. The van der Waals surface area contributed by atoms with E-state index in [2.05, 4.69) is 57.2 Å². The number of aromatic hydroxyl groups is 1. The van der Waals surface area contributed by atoms with E-state index in [1.807, 2.05) is 6.20 Å². The van der Waals surface area contributed by atoms with Crippen LogP contribution in [0.1, 0.15) is 82.3 Å². The standard InChI is InChI=1S/C49H70N14O11.C5H9N3/c1-26(2)39(61-42(67)33(12-8-18-55-49(52)53)57-41(66)32(50)23-38(51)65)45(70)58-34(20-29-14-16-31(64)17-15-29)43(68)62-40(27(3)4)46(71)59-35(22-30-24-54-25-56-30)47(72)63-19-9-13-37(63)44(69)60-36(48(73)74)21-28-10-6-5-7-11-28;6-2-1-5-3-7-4-8-5/h5-7,10-11,14-17,24-27,32-37,39-40,64H,8-9,12-13,18-23,50H2,1-4H3,(H2,51,65)(H,54,56)(H,57,66)(H,58,70)(H,59,71)(H,60,69)(H,61,67)(H,62,68)(H,73,74)(H4,52,53,55);3-4H,1-2,6H2,(H,7,8)/t32-,33-,34-,35-,36-,37-,39-,40-;/m0./s1. The lowest BCUT2D eigenvalue weighted by Crippen LogP contribution is -2.62. The van der Waals surface area contributed by atoms with Crippen molar-refractivity contribution in [2.75, 3.05) is 19.6 Å². The van der Waals surface area contributed by atoms with Crippen molar-refractivity contribution in [3.63, 3.8) is 0 Å². The Bertz CT molecular complexity index is 2730. The number of carbonyl (C=O) groups is 9. The average molecular weight is 1140 g/mol. The number of benzene rings is 2. The smallest absolute Gasteiger partial charge is 0.326 e. The van der Waals surface area contributed by atoms with Crippen molar-refractivity contribution in [3.05, 3.63) is 102 Å². The number of guanidine groups is 1. The number of nitrogens with one attached hydrogen (secondary N) is 10. The number of amides is 8. The van der Waals surface area contributed by atoms with E-state index in [1.165, 1.54) is 41.7 Å². The fourth-order valence-electron chi connectivity index (χ4n) is 8.78. The van der Waals surface area contributed by atoms with Gasteiger partial charge in [-0.25, -0.2) is 14.8 Å². The lowest BCUT2D eigenvalue weighted by Gasteiger charge is -2.31. The van der Waals surface area contributed by atoms with E-state index in [1.54, 1.807) is 64.4 Å². The molecule has 0 saturated carbocycles. The quantitative estimate of drug-likeness (QED) is 0.0150. The van der Waals surface area contributed by atoms with Crippen molar-refractivity contribution >= 4 is 59.2 Å². The maximum atomic E-state index is 14.5. The van der Waals surface area contributed by atoms with E-state index in [0.717, 1.165) is 12.1 Å². The van der Waals surface area contributed by atoms with Gasteiger partial charge in [-0.3, -0.25) is 43.8 Å². The number of nitrogens with two attached hydrogens (primary N) is 4. The second-order valence-electron chi connectivity index (χ2n) is 20.4. The number of phenolic OH excluding ortho intramolecular Hbond substituents is 1. The summed E-state index contributed by atoms with van der Waals surface area (Å²) >= 11 is 0. The van der Waals surface area contributed by atoms with Crippen LogP contribution >= 0.6 is 0 Å². The Balaban J connectivity index is 0.00000165. The highest BCUT2D eigenvalue weighted by Gasteiger charge is 2.41. The molecule has 82 heavy (non-hydrogen) atoms. The Labute approximate surface area is 474 Å². The van der Waals surface area contributed by atoms with Crippen LogP contribution in [0, 0.1) is 17.2 Å². The molecule has 28 nitrogen and oxygen atoms in total. The average Bonchev–Trinajstić information content (AvgIpc) is 4.31. The summed E-state index contributed by atoms with van der Waals surface area (Å²) in [7, 11) is 0. The number of hydrogen-bond acceptors (Lipinski definition) is 15. The number of carbonyl (C=O) groups excluding carboxylic acids is 8. The number of imidazole rings is 2. The minimum atomic E-state index is -1.41. The Kier molecular flexibility index (Phi) is 26.4. The number of nitrogens with zero attached hydrogens (tertiary/aromatic N) is 3. The van der Waals surface area contributed by atoms with Crippen LogP contribution in [0.3, 0.4) is 0 Å². The zero-order valence-electron chi connectivity index (χ0n) is 46.5. The number of hydrogen-bond donors (Lipinski definition) is 16. The molecule has 0 aliphatic carbocycles. The summed E-state index contributed by atoms with van der Waals surface area (Å²) < 4.78 is 0. The van der Waals surface area contributed by atoms with Gasteiger partial charge in [-0.2, -0.15) is 0 Å². The van der Waals surface area contributed by atoms with Crippen molar-refractivity contribution in [1.29, 1.82) is 5.41 Å². The minimum absolute atomic E-state index is 0.000167. The van der Waals surface area contributed by atoms with E-state index in [-0.39, 0.29) is 63.3 Å². The van der Waals surface area contributed by atoms with Crippen molar-refractivity contribution in [2.24, 2.45) is 34.8 Å². The summed E-state index contributed by atoms with van der Waals surface area (Å²) in [6.45, 7) is 7.49. The predicted octanol–water partition coefficient (Wildman–Crippen LogP) is -2.18. The van der Waals surface area contributed by atoms with Crippen LogP contribution in [0.25, 0.3) is 0 Å². The van der Waals surface area contributed by atoms with E-state index in [4.69, 9.17) is 28.3 Å². The fourth-order valence-corrected chi connectivity index (χ4v) is 8.78. The normalized spacial score (nSPS) is 15.4. The first-order chi connectivity index (χ1) is 39.0. The van der Waals surface area contributed by atoms with E-state index < -0.39 is 120 Å². The number of H-pyrrole nitrogens is 2. The van der Waals surface area contributed by atoms with Crippen LogP contribution < -0.4 is 60.2 Å². The summed E-state index contributed by atoms with van der Waals surface area (Å²) in [4.78, 5) is 137. The molecule has 2 aromatic carbocycles. The molecule has 1 aliphatic rings. The number of rotatable bonds is 30. The van der Waals surface area contributed by atoms with Gasteiger partial charge < -0.3 is 85.2 Å². The molecule has 0 radical (unpaired) electrons. The molecule has 1 fully saturated rings. The zero-order chi connectivity index (χ0) is 60.5. The van der Waals surface area contributed by atoms with E-state index in [0.29, 0.717) is 29.8 Å². The first kappa shape index (κ1) is 65.6. The molecule has 0 bridgehead atoms. The Morgan fingerprint density at radius 1 is 0.744 bits per heavy atom. The molecular formula is C54H79N17O11. The molecule has 20 N–H and O–H groups in total. The molecule has 3 heterocycles. The predicted molar refractivity (Wildman–Crippen MR) is 300 cm³/mol. The Hall–Kier alpha value is -8.92. The van der Waals surface area contributed by atoms with Crippen LogP contribution in [0.15, 0.2) is 79.6 Å². The summed E-state index contributed by atoms with van der Waals surface area (Å²) in [5.41, 5.74) is 24.3. The van der Waals surface area contributed by atoms with Gasteiger partial charge in [-0.15, -0.1) is 0 Å². The molecule has 28 heteroatoms. The summed E-state index contributed by atoms with van der Waals surface area (Å²) in [6.07, 6.45) is 7.25. The van der Waals surface area contributed by atoms with Crippen LogP contribution in [0.2, 0.25) is 0 Å². The molecule has 5 rings (SSSR count). The molecule has 8 amide bonds. The zero-order valence-corrected chi connectivity index (χ0v) is 46.5. The molecule has 2 aromatic heterocycles. The highest BCUT2D eigenvalue weighted by molar-refractivity contribution is 5.98. The van der Waals surface area contributed by atoms with E-state index in [9.17, 15) is 53.4 Å². The molecule has 0 spiro atoms. The number of likely N-dealkylation sites (tertiary alicyclic amines) is 1. The SMILES string of the molecule is CC(C)[C@H](NC(=O)[C@H](CCCNC(=N)N)NC(=O)[C@@H](N)CC(N)=O)C(=O)N[C@@H](Cc1ccc(O)cc1)C(=O)N[C@H](C(=O)N[C@@H](Cc1cnc[nH]1)C(=O)N1CCC[C@H]1C(=O)N[C@@H](Cc1ccccc1)C(=O)O)C(C)C.NCCc1c[nH]cn1. The molecule has 1 aliphatic heterocycles. The number of aromatic nitrogens is 4. The van der Waals surface area contributed by atoms with Crippen molar-refractivity contribution in [2.45, 2.75) is 134 Å². The van der Waals surface area contributed by atoms with Crippen LogP contribution in [0.4, 0.5) is 0 Å². The molecule has 4 aromatic rings. The van der Waals surface area contributed by atoms with Gasteiger partial charge in [-0.05, 0) is 67.3 Å². The molecule has 446 valence electrons. The van der Waals surface area contributed by atoms with Crippen LogP contribution in [-0.2, 0) is 68.8 Å². The van der Waals surface area contributed by atoms with Crippen LogP contribution in [-0.4, -0.2) is 162 Å². The van der Waals surface area contributed by atoms with Crippen LogP contribution in [0.5, 0.6) is 5.75 Å². The molecule has 8 atom stereocenters. The van der Waals surface area contributed by atoms with Gasteiger partial charge in [-0.1, -0.05) is 70.2 Å². The first-order valence-corrected chi connectivity index (χ1v) is 26.9. The van der Waals surface area contributed by atoms with Crippen molar-refractivity contribution < 1.29 is 53.4 Å². The number of phenols is 1. The third-order valence-electron chi connectivity index (χ3n) is 13.2. The summed E-state index contributed by atoms with van der Waals surface area (Å²) in [5.74, 6) is -9.18. The van der Waals surface area contributed by atoms with Gasteiger partial charge in [0.1, 0.15) is 48.0 Å². The second-order valence-corrected chi connectivity index (χ2v) is 20.4. The van der Waals surface area contributed by atoms with E-state index >= 15 is 0 Å². The topological polar surface area (TPSA) is 467 Å². The molecule has 0 unspecified atom stereocenters. The Morgan fingerprint density at radius 3 is 1.89 bits per heavy atom. The van der Waals surface area contributed by atoms with Gasteiger partial charge in [0.25, 0.3) is 0 Å². The number of aliphatic carboxylic acids is 1. The third-order valence-corrected chi connectivity index (χ3v) is 13.2. The fraction of sp³-hybridized carbons (Fsp3) is 0.481. The third kappa shape index (κ3) is 21.6. The summed E-state index contributed by atoms with van der Waals surface area (Å²) in [5, 5.41) is 45.9. The second kappa shape index (κ2) is 33.0. The number of primary amides is 1. The molecular weight excluding hydrogens is 1060 g/mol. The van der Waals surface area contributed by atoms with Gasteiger partial charge in [0.15, 0.2) is 5.96 Å². The van der Waals surface area contributed by atoms with Gasteiger partial charge in [0.05, 0.1) is 30.8 Å². The number of carboxylic acids is 1. The van der Waals surface area contributed by atoms with Crippen molar-refractivity contribution in [3.8, 4) is 5.75 Å². The Morgan fingerprint density at radius 2 is 1.34 bits per heavy atom. The lowest BCUT2D eigenvalue weighted by molar-refractivity contribution is -0.145. The maximum Gasteiger partial charge on any atom is 0.326 e. The number of carboxylic acid groups (broad SMARTS) is 1. The summed E-state index contributed by atoms with van der Waals surface area (Å²) in [6, 6.07) is 4.15. The highest BCUT2D eigenvalue weighted by atomic mass is 16.4. The maximum absolute atomic E-state index is 14.5. The van der Waals surface area contributed by atoms with Gasteiger partial charge in [0.2, 0.25) is 47.3 Å². The van der Waals surface area contributed by atoms with Crippen molar-refractivity contribution in [1.82, 2.24) is 62.1 Å². The minimum Gasteiger partial charge on any atom is -0.508 e. The number of aromatic amines is 2. The van der Waals surface area contributed by atoms with Gasteiger partial charge >= 0.3 is 5.97 Å². The monoisotopic (exact) mass is 1140 g/mol. The molecule has 1 saturated heterocycles.